The average molecular weight is 210 g/mol. The molecule has 3 aliphatic carbocycles. The van der Waals surface area contributed by atoms with Crippen molar-refractivity contribution in [1.29, 1.82) is 0 Å². The summed E-state index contributed by atoms with van der Waals surface area (Å²) in [4.78, 5) is 11.3. The molecule has 3 fully saturated rings. The summed E-state index contributed by atoms with van der Waals surface area (Å²) in [6, 6.07) is 0. The molecule has 0 amide bonds. The second-order valence-corrected chi connectivity index (χ2v) is 6.30. The molecule has 3 heteroatoms. The van der Waals surface area contributed by atoms with Crippen LogP contribution in [0.25, 0.3) is 0 Å². The lowest BCUT2D eigenvalue weighted by Crippen LogP contribution is -2.43. The number of carbonyl (C=O) groups is 1. The molecular formula is C12H18O3. The molecule has 0 aromatic rings. The summed E-state index contributed by atoms with van der Waals surface area (Å²) in [5.41, 5.74) is -1.37. The van der Waals surface area contributed by atoms with Gasteiger partial charge in [-0.2, -0.15) is 0 Å². The fourth-order valence-electron chi connectivity index (χ4n) is 4.42. The van der Waals surface area contributed by atoms with Gasteiger partial charge in [-0.15, -0.1) is 0 Å². The second kappa shape index (κ2) is 2.57. The Labute approximate surface area is 89.5 Å². The third kappa shape index (κ3) is 1.19. The molecule has 84 valence electrons. The zero-order valence-corrected chi connectivity index (χ0v) is 9.07. The Morgan fingerprint density at radius 3 is 2.60 bits per heavy atom. The highest BCUT2D eigenvalue weighted by Crippen LogP contribution is 2.63. The van der Waals surface area contributed by atoms with Crippen molar-refractivity contribution < 1.29 is 15.0 Å². The molecule has 3 saturated carbocycles. The molecule has 2 bridgehead atoms. The number of fused-ring (bicyclic) bond motifs is 1. The number of hydrogen-bond donors (Lipinski definition) is 2. The Bertz CT molecular complexity index is 327. The van der Waals surface area contributed by atoms with Gasteiger partial charge in [-0.1, -0.05) is 0 Å². The first-order valence-electron chi connectivity index (χ1n) is 5.88. The van der Waals surface area contributed by atoms with Crippen LogP contribution in [0, 0.1) is 23.2 Å². The Morgan fingerprint density at radius 1 is 1.27 bits per heavy atom. The summed E-state index contributed by atoms with van der Waals surface area (Å²) >= 11 is 0. The van der Waals surface area contributed by atoms with Gasteiger partial charge in [0.2, 0.25) is 0 Å². The Hall–Kier alpha value is -0.570. The smallest absolute Gasteiger partial charge is 0.309 e. The molecule has 0 saturated heterocycles. The maximum Gasteiger partial charge on any atom is 0.309 e. The van der Waals surface area contributed by atoms with E-state index < -0.39 is 17.0 Å². The SMILES string of the molecule is C[C@@]1(C(=O)O)CC2CC3CC(O)(CC32)C1. The Balaban J connectivity index is 1.94. The van der Waals surface area contributed by atoms with Crippen LogP contribution in [0.2, 0.25) is 0 Å². The van der Waals surface area contributed by atoms with Crippen LogP contribution in [0.5, 0.6) is 0 Å². The number of carboxylic acids is 1. The van der Waals surface area contributed by atoms with E-state index in [2.05, 4.69) is 0 Å². The van der Waals surface area contributed by atoms with Crippen molar-refractivity contribution in [2.75, 3.05) is 0 Å². The molecule has 15 heavy (non-hydrogen) atoms. The summed E-state index contributed by atoms with van der Waals surface area (Å²) in [7, 11) is 0. The molecule has 0 aromatic heterocycles. The van der Waals surface area contributed by atoms with Gasteiger partial charge in [-0.25, -0.2) is 0 Å². The standard InChI is InChI=1S/C12H18O3/c1-11(10(13)14)3-7-2-8-4-12(15,6-11)5-9(7)8/h7-9,15H,2-6H2,1H3,(H,13,14)/t7?,8?,9?,11-,12?/m1/s1. The molecule has 0 aliphatic heterocycles. The highest BCUT2D eigenvalue weighted by Gasteiger charge is 2.60. The monoisotopic (exact) mass is 210 g/mol. The van der Waals surface area contributed by atoms with Gasteiger partial charge in [0.25, 0.3) is 0 Å². The van der Waals surface area contributed by atoms with E-state index in [0.717, 1.165) is 25.7 Å². The van der Waals surface area contributed by atoms with E-state index in [1.807, 2.05) is 0 Å². The van der Waals surface area contributed by atoms with E-state index in [1.54, 1.807) is 6.92 Å². The van der Waals surface area contributed by atoms with Crippen LogP contribution in [0.15, 0.2) is 0 Å². The van der Waals surface area contributed by atoms with Gasteiger partial charge in [-0.3, -0.25) is 4.79 Å². The van der Waals surface area contributed by atoms with Crippen molar-refractivity contribution in [3.05, 3.63) is 0 Å². The van der Waals surface area contributed by atoms with E-state index in [0.29, 0.717) is 24.2 Å². The van der Waals surface area contributed by atoms with Gasteiger partial charge >= 0.3 is 5.97 Å². The topological polar surface area (TPSA) is 57.5 Å². The fraction of sp³-hybridized carbons (Fsp3) is 0.917. The fourth-order valence-corrected chi connectivity index (χ4v) is 4.42. The number of hydrogen-bond acceptors (Lipinski definition) is 2. The lowest BCUT2D eigenvalue weighted by molar-refractivity contribution is -0.154. The van der Waals surface area contributed by atoms with Crippen LogP contribution in [0.1, 0.15) is 39.0 Å². The quantitative estimate of drug-likeness (QED) is 0.692. The summed E-state index contributed by atoms with van der Waals surface area (Å²) in [6.45, 7) is 1.81. The largest absolute Gasteiger partial charge is 0.481 e. The highest BCUT2D eigenvalue weighted by atomic mass is 16.4. The van der Waals surface area contributed by atoms with Gasteiger partial charge in [0.1, 0.15) is 0 Å². The summed E-state index contributed by atoms with van der Waals surface area (Å²) in [6.07, 6.45) is 4.07. The van der Waals surface area contributed by atoms with Crippen LogP contribution in [0.3, 0.4) is 0 Å². The molecule has 4 unspecified atom stereocenters. The molecule has 2 N–H and O–H groups in total. The van der Waals surface area contributed by atoms with Crippen LogP contribution in [-0.4, -0.2) is 21.8 Å². The van der Waals surface area contributed by atoms with Crippen LogP contribution < -0.4 is 0 Å². The molecule has 0 radical (unpaired) electrons. The number of carboxylic acid groups (broad SMARTS) is 1. The van der Waals surface area contributed by atoms with Gasteiger partial charge in [0, 0.05) is 0 Å². The zero-order chi connectivity index (χ0) is 10.8. The summed E-state index contributed by atoms with van der Waals surface area (Å²) in [5, 5.41) is 19.7. The van der Waals surface area contributed by atoms with Gasteiger partial charge < -0.3 is 10.2 Å². The van der Waals surface area contributed by atoms with Crippen LogP contribution >= 0.6 is 0 Å². The van der Waals surface area contributed by atoms with E-state index in [1.165, 1.54) is 0 Å². The third-order valence-corrected chi connectivity index (χ3v) is 5.02. The lowest BCUT2D eigenvalue weighted by Gasteiger charge is -2.44. The van der Waals surface area contributed by atoms with Crippen molar-refractivity contribution in [3.63, 3.8) is 0 Å². The van der Waals surface area contributed by atoms with Crippen LogP contribution in [-0.2, 0) is 4.79 Å². The minimum absolute atomic E-state index is 0.457. The second-order valence-electron chi connectivity index (χ2n) is 6.30. The molecule has 0 heterocycles. The van der Waals surface area contributed by atoms with Crippen molar-refractivity contribution in [3.8, 4) is 0 Å². The van der Waals surface area contributed by atoms with Crippen LogP contribution in [0.4, 0.5) is 0 Å². The molecule has 3 rings (SSSR count). The summed E-state index contributed by atoms with van der Waals surface area (Å²) in [5.74, 6) is 1.15. The van der Waals surface area contributed by atoms with Gasteiger partial charge in [0.05, 0.1) is 11.0 Å². The first-order chi connectivity index (χ1) is 6.92. The predicted octanol–water partition coefficient (Wildman–Crippen LogP) is 1.65. The minimum atomic E-state index is -0.730. The molecule has 0 spiro atoms. The molecule has 3 aliphatic rings. The normalized spacial score (nSPS) is 57.1. The highest BCUT2D eigenvalue weighted by molar-refractivity contribution is 5.74. The maximum absolute atomic E-state index is 11.3. The number of rotatable bonds is 1. The predicted molar refractivity (Wildman–Crippen MR) is 54.2 cm³/mol. The maximum atomic E-state index is 11.3. The number of aliphatic hydroxyl groups is 1. The molecule has 5 atom stereocenters. The van der Waals surface area contributed by atoms with E-state index >= 15 is 0 Å². The van der Waals surface area contributed by atoms with Gasteiger partial charge in [-0.05, 0) is 56.8 Å². The first-order valence-corrected chi connectivity index (χ1v) is 5.88. The minimum Gasteiger partial charge on any atom is -0.481 e. The van der Waals surface area contributed by atoms with Crippen molar-refractivity contribution in [1.82, 2.24) is 0 Å². The zero-order valence-electron chi connectivity index (χ0n) is 9.07. The Morgan fingerprint density at radius 2 is 1.93 bits per heavy atom. The third-order valence-electron chi connectivity index (χ3n) is 5.02. The van der Waals surface area contributed by atoms with E-state index in [-0.39, 0.29) is 0 Å². The van der Waals surface area contributed by atoms with Gasteiger partial charge in [0.15, 0.2) is 0 Å². The summed E-state index contributed by atoms with van der Waals surface area (Å²) < 4.78 is 0. The molecule has 3 nitrogen and oxygen atoms in total. The lowest BCUT2D eigenvalue weighted by atomic mass is 9.60. The molecule has 0 aromatic carbocycles. The molecular weight excluding hydrogens is 192 g/mol. The first kappa shape index (κ1) is 9.64. The van der Waals surface area contributed by atoms with Crippen molar-refractivity contribution in [2.45, 2.75) is 44.6 Å². The van der Waals surface area contributed by atoms with Crippen molar-refractivity contribution >= 4 is 5.97 Å². The Kier molecular flexibility index (Phi) is 1.65. The van der Waals surface area contributed by atoms with E-state index in [9.17, 15) is 15.0 Å². The number of aliphatic carboxylic acids is 1. The average Bonchev–Trinajstić information content (AvgIpc) is 2.29. The van der Waals surface area contributed by atoms with Crippen molar-refractivity contribution in [2.24, 2.45) is 23.2 Å². The van der Waals surface area contributed by atoms with E-state index in [4.69, 9.17) is 0 Å².